The number of anilines is 2. The van der Waals surface area contributed by atoms with Crippen LogP contribution in [-0.4, -0.2) is 22.7 Å². The van der Waals surface area contributed by atoms with E-state index in [0.717, 1.165) is 4.90 Å². The first-order valence-electron chi connectivity index (χ1n) is 5.18. The number of carbonyl (C=O) groups excluding carboxylic acids is 3. The van der Waals surface area contributed by atoms with Crippen LogP contribution in [0.4, 0.5) is 11.6 Å². The average molecular weight is 249 g/mol. The van der Waals surface area contributed by atoms with Gasteiger partial charge in [0.2, 0.25) is 11.8 Å². The Balaban J connectivity index is 2.56. The van der Waals surface area contributed by atoms with Crippen molar-refractivity contribution < 1.29 is 14.4 Å². The maximum atomic E-state index is 11.6. The summed E-state index contributed by atoms with van der Waals surface area (Å²) < 4.78 is 0. The number of aromatic nitrogens is 1. The van der Waals surface area contributed by atoms with E-state index in [1.54, 1.807) is 0 Å². The van der Waals surface area contributed by atoms with E-state index < -0.39 is 17.7 Å². The van der Waals surface area contributed by atoms with Crippen LogP contribution in [0, 0.1) is 0 Å². The van der Waals surface area contributed by atoms with Gasteiger partial charge in [-0.25, -0.2) is 15.7 Å². The second kappa shape index (κ2) is 4.41. The molecule has 0 aromatic carbocycles. The van der Waals surface area contributed by atoms with Gasteiger partial charge in [-0.05, 0) is 12.1 Å². The molecule has 1 saturated heterocycles. The minimum Gasteiger partial charge on any atom is -0.365 e. The van der Waals surface area contributed by atoms with Crippen molar-refractivity contribution in [1.82, 2.24) is 4.98 Å². The Hall–Kier alpha value is -2.48. The summed E-state index contributed by atoms with van der Waals surface area (Å²) in [4.78, 5) is 39.3. The van der Waals surface area contributed by atoms with Gasteiger partial charge in [-0.15, -0.1) is 0 Å². The molecule has 5 N–H and O–H groups in total. The van der Waals surface area contributed by atoms with Crippen molar-refractivity contribution in [3.05, 3.63) is 17.7 Å². The molecule has 8 heteroatoms. The van der Waals surface area contributed by atoms with Gasteiger partial charge >= 0.3 is 0 Å². The molecule has 0 saturated carbocycles. The molecule has 0 bridgehead atoms. The van der Waals surface area contributed by atoms with Gasteiger partial charge in [0.15, 0.2) is 5.82 Å². The zero-order valence-electron chi connectivity index (χ0n) is 9.34. The number of amides is 3. The number of nitrogens with zero attached hydrogens (tertiary/aromatic N) is 2. The number of hydrazine groups is 1. The van der Waals surface area contributed by atoms with Gasteiger partial charge in [0.05, 0.1) is 5.56 Å². The monoisotopic (exact) mass is 249 g/mol. The molecule has 0 spiro atoms. The highest BCUT2D eigenvalue weighted by Crippen LogP contribution is 2.25. The van der Waals surface area contributed by atoms with Crippen LogP contribution in [0.2, 0.25) is 0 Å². The SMILES string of the molecule is NNc1ccc(C(N)=O)c(N2C(=O)CCC2=O)n1. The lowest BCUT2D eigenvalue weighted by atomic mass is 10.2. The van der Waals surface area contributed by atoms with Crippen LogP contribution in [-0.2, 0) is 9.59 Å². The van der Waals surface area contributed by atoms with Crippen molar-refractivity contribution in [3.8, 4) is 0 Å². The van der Waals surface area contributed by atoms with E-state index in [-0.39, 0.29) is 30.0 Å². The van der Waals surface area contributed by atoms with Crippen molar-refractivity contribution >= 4 is 29.4 Å². The molecule has 1 aromatic heterocycles. The van der Waals surface area contributed by atoms with E-state index in [9.17, 15) is 14.4 Å². The zero-order valence-corrected chi connectivity index (χ0v) is 9.34. The summed E-state index contributed by atoms with van der Waals surface area (Å²) in [6, 6.07) is 2.79. The van der Waals surface area contributed by atoms with Crippen LogP contribution in [0.25, 0.3) is 0 Å². The summed E-state index contributed by atoms with van der Waals surface area (Å²) in [5.41, 5.74) is 7.46. The molecule has 94 valence electrons. The Morgan fingerprint density at radius 2 is 1.89 bits per heavy atom. The van der Waals surface area contributed by atoms with Gasteiger partial charge in [-0.1, -0.05) is 0 Å². The minimum absolute atomic E-state index is 0.00222. The Labute approximate surface area is 102 Å². The molecule has 0 unspecified atom stereocenters. The largest absolute Gasteiger partial charge is 0.365 e. The Kier molecular flexibility index (Phi) is 2.94. The summed E-state index contributed by atoms with van der Waals surface area (Å²) in [5.74, 6) is 3.75. The summed E-state index contributed by atoms with van der Waals surface area (Å²) in [7, 11) is 0. The fourth-order valence-electron chi connectivity index (χ4n) is 1.70. The Morgan fingerprint density at radius 1 is 1.28 bits per heavy atom. The lowest BCUT2D eigenvalue weighted by molar-refractivity contribution is -0.121. The smallest absolute Gasteiger partial charge is 0.252 e. The average Bonchev–Trinajstić information content (AvgIpc) is 2.68. The number of pyridine rings is 1. The van der Waals surface area contributed by atoms with E-state index >= 15 is 0 Å². The first-order chi connectivity index (χ1) is 8.54. The van der Waals surface area contributed by atoms with Gasteiger partial charge in [-0.2, -0.15) is 0 Å². The number of nitrogen functional groups attached to an aromatic ring is 1. The molecule has 2 rings (SSSR count). The summed E-state index contributed by atoms with van der Waals surface area (Å²) in [6.45, 7) is 0. The number of primary amides is 1. The highest BCUT2D eigenvalue weighted by atomic mass is 16.2. The van der Waals surface area contributed by atoms with Gasteiger partial charge in [0, 0.05) is 12.8 Å². The van der Waals surface area contributed by atoms with E-state index in [0.29, 0.717) is 0 Å². The van der Waals surface area contributed by atoms with Crippen LogP contribution >= 0.6 is 0 Å². The van der Waals surface area contributed by atoms with Gasteiger partial charge in [0.25, 0.3) is 5.91 Å². The van der Waals surface area contributed by atoms with Gasteiger partial charge < -0.3 is 11.2 Å². The molecule has 0 aliphatic carbocycles. The zero-order chi connectivity index (χ0) is 13.3. The van der Waals surface area contributed by atoms with Crippen molar-refractivity contribution in [2.45, 2.75) is 12.8 Å². The topological polar surface area (TPSA) is 131 Å². The number of hydrogen-bond donors (Lipinski definition) is 3. The first kappa shape index (κ1) is 12.0. The number of rotatable bonds is 3. The van der Waals surface area contributed by atoms with E-state index in [1.807, 2.05) is 0 Å². The maximum Gasteiger partial charge on any atom is 0.252 e. The molecule has 8 nitrogen and oxygen atoms in total. The van der Waals surface area contributed by atoms with Crippen molar-refractivity contribution in [2.24, 2.45) is 11.6 Å². The molecule has 1 aliphatic heterocycles. The molecule has 18 heavy (non-hydrogen) atoms. The second-order valence-corrected chi connectivity index (χ2v) is 3.70. The lowest BCUT2D eigenvalue weighted by Gasteiger charge is -2.16. The molecule has 1 aromatic rings. The molecule has 1 aliphatic rings. The Bertz CT molecular complexity index is 526. The van der Waals surface area contributed by atoms with Gasteiger partial charge in [0.1, 0.15) is 5.82 Å². The quantitative estimate of drug-likeness (QED) is 0.362. The number of hydrogen-bond acceptors (Lipinski definition) is 6. The molecule has 3 amide bonds. The third-order valence-corrected chi connectivity index (χ3v) is 2.55. The highest BCUT2D eigenvalue weighted by molar-refractivity contribution is 6.21. The second-order valence-electron chi connectivity index (χ2n) is 3.70. The predicted molar refractivity (Wildman–Crippen MR) is 62.3 cm³/mol. The number of carbonyl (C=O) groups is 3. The summed E-state index contributed by atoms with van der Waals surface area (Å²) in [6.07, 6.45) is 0.192. The summed E-state index contributed by atoms with van der Waals surface area (Å²) >= 11 is 0. The number of nitrogens with two attached hydrogens (primary N) is 2. The fraction of sp³-hybridized carbons (Fsp3) is 0.200. The third kappa shape index (κ3) is 1.89. The van der Waals surface area contributed by atoms with Crippen LogP contribution in [0.15, 0.2) is 12.1 Å². The minimum atomic E-state index is -0.770. The van der Waals surface area contributed by atoms with Crippen LogP contribution in [0.5, 0.6) is 0 Å². The van der Waals surface area contributed by atoms with E-state index in [1.165, 1.54) is 12.1 Å². The standard InChI is InChI=1S/C10H11N5O3/c11-9(18)5-1-2-6(14-12)13-10(5)15-7(16)3-4-8(15)17/h1-2H,3-4,12H2,(H2,11,18)(H,13,14). The molecule has 2 heterocycles. The molecular formula is C10H11N5O3. The van der Waals surface area contributed by atoms with Crippen LogP contribution in [0.3, 0.4) is 0 Å². The van der Waals surface area contributed by atoms with E-state index in [2.05, 4.69) is 10.4 Å². The molecule has 0 atom stereocenters. The number of nitrogens with one attached hydrogen (secondary N) is 1. The first-order valence-corrected chi connectivity index (χ1v) is 5.18. The third-order valence-electron chi connectivity index (χ3n) is 2.55. The number of imide groups is 1. The lowest BCUT2D eigenvalue weighted by Crippen LogP contribution is -2.32. The van der Waals surface area contributed by atoms with Crippen molar-refractivity contribution in [3.63, 3.8) is 0 Å². The summed E-state index contributed by atoms with van der Waals surface area (Å²) in [5, 5.41) is 0. The van der Waals surface area contributed by atoms with Gasteiger partial charge in [-0.3, -0.25) is 14.4 Å². The van der Waals surface area contributed by atoms with Crippen LogP contribution < -0.4 is 21.9 Å². The normalized spacial score (nSPS) is 15.1. The van der Waals surface area contributed by atoms with Crippen LogP contribution in [0.1, 0.15) is 23.2 Å². The van der Waals surface area contributed by atoms with Crippen molar-refractivity contribution in [2.75, 3.05) is 10.3 Å². The fourth-order valence-corrected chi connectivity index (χ4v) is 1.70. The molecular weight excluding hydrogens is 238 g/mol. The van der Waals surface area contributed by atoms with Crippen molar-refractivity contribution in [1.29, 1.82) is 0 Å². The highest BCUT2D eigenvalue weighted by Gasteiger charge is 2.34. The maximum absolute atomic E-state index is 11.6. The predicted octanol–water partition coefficient (Wildman–Crippen LogP) is -0.881. The Morgan fingerprint density at radius 3 is 2.39 bits per heavy atom. The molecule has 1 fully saturated rings. The molecule has 0 radical (unpaired) electrons. The van der Waals surface area contributed by atoms with E-state index in [4.69, 9.17) is 11.6 Å².